The van der Waals surface area contributed by atoms with Crippen LogP contribution in [0.25, 0.3) is 0 Å². The Morgan fingerprint density at radius 3 is 2.89 bits per heavy atom. The molecule has 2 rings (SSSR count). The predicted octanol–water partition coefficient (Wildman–Crippen LogP) is 3.37. The maximum atomic E-state index is 11.6. The van der Waals surface area contributed by atoms with Crippen LogP contribution >= 0.6 is 22.9 Å². The Balaban J connectivity index is 2.12. The number of thiophene rings is 1. The molecule has 5 heteroatoms. The molecule has 0 aliphatic heterocycles. The third-order valence-corrected chi connectivity index (χ3v) is 3.69. The summed E-state index contributed by atoms with van der Waals surface area (Å²) in [6, 6.07) is 9.42. The van der Waals surface area contributed by atoms with Crippen LogP contribution in [0.4, 0.5) is 5.69 Å². The maximum absolute atomic E-state index is 11.6. The average Bonchev–Trinajstić information content (AvgIpc) is 2.90. The zero-order valence-electron chi connectivity index (χ0n) is 9.87. The molecule has 3 nitrogen and oxygen atoms in total. The first-order chi connectivity index (χ1) is 8.70. The van der Waals surface area contributed by atoms with Gasteiger partial charge in [0.25, 0.3) is 5.91 Å². The monoisotopic (exact) mass is 280 g/mol. The van der Waals surface area contributed by atoms with Crippen molar-refractivity contribution in [3.05, 3.63) is 51.2 Å². The van der Waals surface area contributed by atoms with Gasteiger partial charge < -0.3 is 10.6 Å². The van der Waals surface area contributed by atoms with Gasteiger partial charge in [0.05, 0.1) is 10.6 Å². The van der Waals surface area contributed by atoms with E-state index in [9.17, 15) is 4.79 Å². The number of halogens is 1. The summed E-state index contributed by atoms with van der Waals surface area (Å²) in [4.78, 5) is 12.8. The Bertz CT molecular complexity index is 540. The molecule has 1 heterocycles. The van der Waals surface area contributed by atoms with Crippen LogP contribution in [-0.4, -0.2) is 13.0 Å². The van der Waals surface area contributed by atoms with Crippen molar-refractivity contribution in [2.75, 3.05) is 12.4 Å². The third-order valence-electron chi connectivity index (χ3n) is 2.48. The Hall–Kier alpha value is -1.52. The van der Waals surface area contributed by atoms with Crippen molar-refractivity contribution in [3.63, 3.8) is 0 Å². The summed E-state index contributed by atoms with van der Waals surface area (Å²) in [7, 11) is 1.59. The molecular weight excluding hydrogens is 268 g/mol. The normalized spacial score (nSPS) is 10.1. The minimum absolute atomic E-state index is 0.181. The number of benzene rings is 1. The molecule has 2 N–H and O–H groups in total. The smallest absolute Gasteiger partial charge is 0.252 e. The standard InChI is InChI=1S/C13H13ClN2OS/c1-15-13(17)11-7-9(4-5-12(11)14)16-8-10-3-2-6-18-10/h2-7,16H,8H2,1H3,(H,15,17). The molecule has 0 unspecified atom stereocenters. The van der Waals surface area contributed by atoms with Gasteiger partial charge in [0.1, 0.15) is 0 Å². The van der Waals surface area contributed by atoms with Crippen molar-refractivity contribution in [1.29, 1.82) is 0 Å². The first-order valence-corrected chi connectivity index (χ1v) is 6.74. The molecule has 0 spiro atoms. The zero-order chi connectivity index (χ0) is 13.0. The fourth-order valence-electron chi connectivity index (χ4n) is 1.55. The average molecular weight is 281 g/mol. The molecule has 0 aliphatic carbocycles. The van der Waals surface area contributed by atoms with E-state index in [0.717, 1.165) is 12.2 Å². The van der Waals surface area contributed by atoms with Crippen LogP contribution in [0.2, 0.25) is 5.02 Å². The predicted molar refractivity (Wildman–Crippen MR) is 76.5 cm³/mol. The molecule has 2 aromatic rings. The fourth-order valence-corrected chi connectivity index (χ4v) is 2.39. The van der Waals surface area contributed by atoms with Gasteiger partial charge in [0, 0.05) is 24.2 Å². The van der Waals surface area contributed by atoms with Crippen molar-refractivity contribution < 1.29 is 4.79 Å². The summed E-state index contributed by atoms with van der Waals surface area (Å²) >= 11 is 7.68. The molecule has 0 radical (unpaired) electrons. The van der Waals surface area contributed by atoms with E-state index >= 15 is 0 Å². The van der Waals surface area contributed by atoms with Gasteiger partial charge in [-0.2, -0.15) is 0 Å². The van der Waals surface area contributed by atoms with Gasteiger partial charge in [-0.25, -0.2) is 0 Å². The fraction of sp³-hybridized carbons (Fsp3) is 0.154. The van der Waals surface area contributed by atoms with Crippen molar-refractivity contribution in [2.24, 2.45) is 0 Å². The van der Waals surface area contributed by atoms with Crippen LogP contribution in [0.3, 0.4) is 0 Å². The Morgan fingerprint density at radius 2 is 2.22 bits per heavy atom. The summed E-state index contributed by atoms with van der Waals surface area (Å²) in [5.41, 5.74) is 1.36. The number of hydrogen-bond acceptors (Lipinski definition) is 3. The molecule has 0 saturated heterocycles. The highest BCUT2D eigenvalue weighted by atomic mass is 35.5. The van der Waals surface area contributed by atoms with Gasteiger partial charge in [-0.3, -0.25) is 4.79 Å². The van der Waals surface area contributed by atoms with Crippen molar-refractivity contribution in [3.8, 4) is 0 Å². The van der Waals surface area contributed by atoms with Gasteiger partial charge in [-0.05, 0) is 29.6 Å². The molecule has 1 amide bonds. The van der Waals surface area contributed by atoms with E-state index in [-0.39, 0.29) is 5.91 Å². The summed E-state index contributed by atoms with van der Waals surface area (Å²) in [6.07, 6.45) is 0. The van der Waals surface area contributed by atoms with Crippen LogP contribution in [0.15, 0.2) is 35.7 Å². The lowest BCUT2D eigenvalue weighted by molar-refractivity contribution is 0.0963. The van der Waals surface area contributed by atoms with Crippen LogP contribution in [0, 0.1) is 0 Å². The molecule has 18 heavy (non-hydrogen) atoms. The van der Waals surface area contributed by atoms with Crippen molar-refractivity contribution in [1.82, 2.24) is 5.32 Å². The number of rotatable bonds is 4. The largest absolute Gasteiger partial charge is 0.380 e. The summed E-state index contributed by atoms with van der Waals surface area (Å²) in [5, 5.41) is 8.33. The lowest BCUT2D eigenvalue weighted by Crippen LogP contribution is -2.18. The van der Waals surface area contributed by atoms with E-state index in [1.165, 1.54) is 4.88 Å². The SMILES string of the molecule is CNC(=O)c1cc(NCc2cccs2)ccc1Cl. The van der Waals surface area contributed by atoms with Crippen LogP contribution < -0.4 is 10.6 Å². The number of carbonyl (C=O) groups excluding carboxylic acids is 1. The quantitative estimate of drug-likeness (QED) is 0.901. The van der Waals surface area contributed by atoms with Gasteiger partial charge in [0.15, 0.2) is 0 Å². The molecule has 94 valence electrons. The van der Waals surface area contributed by atoms with Crippen molar-refractivity contribution in [2.45, 2.75) is 6.54 Å². The van der Waals surface area contributed by atoms with E-state index < -0.39 is 0 Å². The first-order valence-electron chi connectivity index (χ1n) is 5.48. The van der Waals surface area contributed by atoms with Crippen LogP contribution in [0.5, 0.6) is 0 Å². The molecule has 0 atom stereocenters. The van der Waals surface area contributed by atoms with E-state index in [1.807, 2.05) is 17.5 Å². The molecule has 0 fully saturated rings. The third kappa shape index (κ3) is 3.03. The molecule has 1 aromatic carbocycles. The van der Waals surface area contributed by atoms with Gasteiger partial charge in [-0.15, -0.1) is 11.3 Å². The second kappa shape index (κ2) is 5.89. The molecule has 1 aromatic heterocycles. The summed E-state index contributed by atoms with van der Waals surface area (Å²) in [6.45, 7) is 0.743. The number of carbonyl (C=O) groups is 1. The van der Waals surface area contributed by atoms with Crippen molar-refractivity contribution >= 4 is 34.5 Å². The Morgan fingerprint density at radius 1 is 1.39 bits per heavy atom. The lowest BCUT2D eigenvalue weighted by atomic mass is 10.2. The number of hydrogen-bond donors (Lipinski definition) is 2. The molecular formula is C13H13ClN2OS. The highest BCUT2D eigenvalue weighted by Gasteiger charge is 2.09. The summed E-state index contributed by atoms with van der Waals surface area (Å²) < 4.78 is 0. The number of anilines is 1. The minimum atomic E-state index is -0.181. The van der Waals surface area contributed by atoms with E-state index in [0.29, 0.717) is 10.6 Å². The minimum Gasteiger partial charge on any atom is -0.380 e. The van der Waals surface area contributed by atoms with Crippen LogP contribution in [0.1, 0.15) is 15.2 Å². The topological polar surface area (TPSA) is 41.1 Å². The van der Waals surface area contributed by atoms with Gasteiger partial charge in [-0.1, -0.05) is 17.7 Å². The Kier molecular flexibility index (Phi) is 4.23. The van der Waals surface area contributed by atoms with Gasteiger partial charge >= 0.3 is 0 Å². The number of amides is 1. The highest BCUT2D eigenvalue weighted by molar-refractivity contribution is 7.09. The maximum Gasteiger partial charge on any atom is 0.252 e. The molecule has 0 saturated carbocycles. The zero-order valence-corrected chi connectivity index (χ0v) is 11.4. The van der Waals surface area contributed by atoms with E-state index in [1.54, 1.807) is 30.5 Å². The van der Waals surface area contributed by atoms with E-state index in [2.05, 4.69) is 16.7 Å². The first kappa shape index (κ1) is 12.9. The number of nitrogens with one attached hydrogen (secondary N) is 2. The second-order valence-electron chi connectivity index (χ2n) is 3.71. The molecule has 0 aliphatic rings. The van der Waals surface area contributed by atoms with Crippen LogP contribution in [-0.2, 0) is 6.54 Å². The van der Waals surface area contributed by atoms with Gasteiger partial charge in [0.2, 0.25) is 0 Å². The lowest BCUT2D eigenvalue weighted by Gasteiger charge is -2.08. The van der Waals surface area contributed by atoms with E-state index in [4.69, 9.17) is 11.6 Å². The summed E-state index contributed by atoms with van der Waals surface area (Å²) in [5.74, 6) is -0.181. The molecule has 0 bridgehead atoms. The highest BCUT2D eigenvalue weighted by Crippen LogP contribution is 2.21. The second-order valence-corrected chi connectivity index (χ2v) is 5.15. The Labute approximate surface area is 115 Å².